The molecule has 1 aromatic heterocycles. The third-order valence-electron chi connectivity index (χ3n) is 6.07. The fourth-order valence-electron chi connectivity index (χ4n) is 4.34. The molecule has 160 valence electrons. The highest BCUT2D eigenvalue weighted by atomic mass is 35.5. The maximum Gasteiger partial charge on any atom is 0.243 e. The van der Waals surface area contributed by atoms with Gasteiger partial charge in [-0.1, -0.05) is 17.7 Å². The highest BCUT2D eigenvalue weighted by molar-refractivity contribution is 7.89. The van der Waals surface area contributed by atoms with Gasteiger partial charge < -0.3 is 10.1 Å². The molecule has 2 aliphatic rings. The van der Waals surface area contributed by atoms with Crippen molar-refractivity contribution < 1.29 is 17.9 Å². The first-order valence-corrected chi connectivity index (χ1v) is 11.7. The Labute approximate surface area is 181 Å². The van der Waals surface area contributed by atoms with Crippen molar-refractivity contribution >= 4 is 27.5 Å². The SMILES string of the molecule is O=C(NCc1ccncc1)C1CN(S(=O)(=O)c2cccc(Cl)c2)CC12CCOCC2. The Hall–Kier alpha value is -2.00. The van der Waals surface area contributed by atoms with E-state index in [9.17, 15) is 13.2 Å². The fraction of sp³-hybridized carbons (Fsp3) is 0.429. The maximum atomic E-state index is 13.3. The van der Waals surface area contributed by atoms with Crippen molar-refractivity contribution in [2.45, 2.75) is 24.3 Å². The number of hydrogen-bond acceptors (Lipinski definition) is 5. The van der Waals surface area contributed by atoms with Crippen LogP contribution in [0.2, 0.25) is 5.02 Å². The number of pyridine rings is 1. The standard InChI is InChI=1S/C21H24ClN3O4S/c22-17-2-1-3-18(12-17)30(27,28)25-14-19(21(15-25)6-10-29-11-7-21)20(26)24-13-16-4-8-23-9-5-16/h1-5,8-9,12,19H,6-7,10-11,13-15H2,(H,24,26). The third kappa shape index (κ3) is 4.23. The van der Waals surface area contributed by atoms with Gasteiger partial charge in [-0.3, -0.25) is 9.78 Å². The van der Waals surface area contributed by atoms with E-state index >= 15 is 0 Å². The van der Waals surface area contributed by atoms with Crippen LogP contribution in [0.3, 0.4) is 0 Å². The number of ether oxygens (including phenoxy) is 1. The van der Waals surface area contributed by atoms with Crippen molar-refractivity contribution in [1.29, 1.82) is 0 Å². The Morgan fingerprint density at radius 2 is 1.97 bits per heavy atom. The molecule has 2 aliphatic heterocycles. The number of halogens is 1. The number of carbonyl (C=O) groups is 1. The topological polar surface area (TPSA) is 88.6 Å². The molecule has 30 heavy (non-hydrogen) atoms. The van der Waals surface area contributed by atoms with E-state index in [-0.39, 0.29) is 17.3 Å². The molecule has 3 heterocycles. The van der Waals surface area contributed by atoms with Crippen LogP contribution in [0.5, 0.6) is 0 Å². The Morgan fingerprint density at radius 1 is 1.23 bits per heavy atom. The van der Waals surface area contributed by atoms with Crippen molar-refractivity contribution in [3.05, 3.63) is 59.4 Å². The van der Waals surface area contributed by atoms with E-state index in [0.717, 1.165) is 5.56 Å². The molecular formula is C21H24ClN3O4S. The number of aromatic nitrogens is 1. The predicted octanol–water partition coefficient (Wildman–Crippen LogP) is 2.47. The van der Waals surface area contributed by atoms with E-state index in [1.54, 1.807) is 24.5 Å². The molecule has 0 bridgehead atoms. The summed E-state index contributed by atoms with van der Waals surface area (Å²) in [5, 5.41) is 3.35. The molecular weight excluding hydrogens is 426 g/mol. The minimum Gasteiger partial charge on any atom is -0.381 e. The Bertz CT molecular complexity index is 1010. The molecule has 0 saturated carbocycles. The van der Waals surface area contributed by atoms with Crippen molar-refractivity contribution in [1.82, 2.24) is 14.6 Å². The van der Waals surface area contributed by atoms with Gasteiger partial charge in [-0.25, -0.2) is 8.42 Å². The van der Waals surface area contributed by atoms with Gasteiger partial charge in [-0.2, -0.15) is 4.31 Å². The second-order valence-corrected chi connectivity index (χ2v) is 10.2. The van der Waals surface area contributed by atoms with Crippen LogP contribution in [-0.4, -0.2) is 49.9 Å². The summed E-state index contributed by atoms with van der Waals surface area (Å²) in [7, 11) is -3.75. The molecule has 4 rings (SSSR count). The molecule has 2 saturated heterocycles. The van der Waals surface area contributed by atoms with E-state index in [0.29, 0.717) is 44.2 Å². The van der Waals surface area contributed by atoms with Gasteiger partial charge in [-0.05, 0) is 48.7 Å². The van der Waals surface area contributed by atoms with Crippen LogP contribution in [0.1, 0.15) is 18.4 Å². The van der Waals surface area contributed by atoms with Crippen LogP contribution >= 0.6 is 11.6 Å². The first kappa shape index (κ1) is 21.2. The first-order chi connectivity index (χ1) is 14.4. The van der Waals surface area contributed by atoms with Crippen molar-refractivity contribution in [3.8, 4) is 0 Å². The van der Waals surface area contributed by atoms with Crippen LogP contribution in [0.4, 0.5) is 0 Å². The van der Waals surface area contributed by atoms with Crippen LogP contribution in [0.25, 0.3) is 0 Å². The molecule has 1 N–H and O–H groups in total. The van der Waals surface area contributed by atoms with Crippen molar-refractivity contribution in [2.24, 2.45) is 11.3 Å². The number of rotatable bonds is 5. The van der Waals surface area contributed by atoms with Crippen molar-refractivity contribution in [2.75, 3.05) is 26.3 Å². The minimum absolute atomic E-state index is 0.127. The summed E-state index contributed by atoms with van der Waals surface area (Å²) in [6, 6.07) is 9.93. The highest BCUT2D eigenvalue weighted by Gasteiger charge is 2.53. The summed E-state index contributed by atoms with van der Waals surface area (Å²) >= 11 is 6.01. The second kappa shape index (κ2) is 8.63. The molecule has 2 fully saturated rings. The number of hydrogen-bond donors (Lipinski definition) is 1. The van der Waals surface area contributed by atoms with Crippen molar-refractivity contribution in [3.63, 3.8) is 0 Å². The molecule has 1 amide bonds. The van der Waals surface area contributed by atoms with E-state index < -0.39 is 21.4 Å². The molecule has 2 aromatic rings. The van der Waals surface area contributed by atoms with E-state index in [4.69, 9.17) is 16.3 Å². The number of nitrogens with one attached hydrogen (secondary N) is 1. The Morgan fingerprint density at radius 3 is 2.67 bits per heavy atom. The number of sulfonamides is 1. The van der Waals surface area contributed by atoms with Crippen LogP contribution in [-0.2, 0) is 26.1 Å². The first-order valence-electron chi connectivity index (χ1n) is 9.91. The lowest BCUT2D eigenvalue weighted by atomic mass is 9.72. The quantitative estimate of drug-likeness (QED) is 0.757. The summed E-state index contributed by atoms with van der Waals surface area (Å²) < 4.78 is 33.5. The van der Waals surface area contributed by atoms with Gasteiger partial charge in [0.15, 0.2) is 0 Å². The van der Waals surface area contributed by atoms with E-state index in [1.807, 2.05) is 12.1 Å². The van der Waals surface area contributed by atoms with Gasteiger partial charge in [-0.15, -0.1) is 0 Å². The summed E-state index contributed by atoms with van der Waals surface area (Å²) in [4.78, 5) is 17.3. The summed E-state index contributed by atoms with van der Waals surface area (Å²) in [6.45, 7) is 1.89. The number of carbonyl (C=O) groups excluding carboxylic acids is 1. The average Bonchev–Trinajstić information content (AvgIpc) is 3.12. The lowest BCUT2D eigenvalue weighted by Gasteiger charge is -2.37. The lowest BCUT2D eigenvalue weighted by molar-refractivity contribution is -0.130. The molecule has 0 aliphatic carbocycles. The van der Waals surface area contributed by atoms with E-state index in [2.05, 4.69) is 10.3 Å². The van der Waals surface area contributed by atoms with Crippen LogP contribution in [0.15, 0.2) is 53.7 Å². The molecule has 7 nitrogen and oxygen atoms in total. The van der Waals surface area contributed by atoms with Gasteiger partial charge in [0, 0.05) is 55.7 Å². The lowest BCUT2D eigenvalue weighted by Crippen LogP contribution is -2.44. The van der Waals surface area contributed by atoms with E-state index in [1.165, 1.54) is 16.4 Å². The smallest absolute Gasteiger partial charge is 0.243 e. The molecule has 0 radical (unpaired) electrons. The number of nitrogens with zero attached hydrogens (tertiary/aromatic N) is 2. The third-order valence-corrected chi connectivity index (χ3v) is 8.11. The normalized spacial score (nSPS) is 21.6. The Kier molecular flexibility index (Phi) is 6.11. The average molecular weight is 450 g/mol. The highest BCUT2D eigenvalue weighted by Crippen LogP contribution is 2.46. The zero-order valence-corrected chi connectivity index (χ0v) is 18.0. The van der Waals surface area contributed by atoms with Gasteiger partial charge in [0.25, 0.3) is 0 Å². The molecule has 9 heteroatoms. The van der Waals surface area contributed by atoms with Crippen LogP contribution in [0, 0.1) is 11.3 Å². The zero-order chi connectivity index (χ0) is 21.2. The monoisotopic (exact) mass is 449 g/mol. The molecule has 1 unspecified atom stereocenters. The maximum absolute atomic E-state index is 13.3. The van der Waals surface area contributed by atoms with Gasteiger partial charge >= 0.3 is 0 Å². The van der Waals surface area contributed by atoms with Crippen LogP contribution < -0.4 is 5.32 Å². The Balaban J connectivity index is 1.57. The van der Waals surface area contributed by atoms with Gasteiger partial charge in [0.05, 0.1) is 10.8 Å². The summed E-state index contributed by atoms with van der Waals surface area (Å²) in [5.74, 6) is -0.560. The number of amides is 1. The van der Waals surface area contributed by atoms with Gasteiger partial charge in [0.2, 0.25) is 15.9 Å². The fourth-order valence-corrected chi connectivity index (χ4v) is 6.19. The molecule has 1 atom stereocenters. The largest absolute Gasteiger partial charge is 0.381 e. The predicted molar refractivity (Wildman–Crippen MR) is 112 cm³/mol. The van der Waals surface area contributed by atoms with Gasteiger partial charge in [0.1, 0.15) is 0 Å². The molecule has 1 aromatic carbocycles. The molecule has 1 spiro atoms. The minimum atomic E-state index is -3.75. The second-order valence-electron chi connectivity index (χ2n) is 7.86. The summed E-state index contributed by atoms with van der Waals surface area (Å²) in [6.07, 6.45) is 4.66. The zero-order valence-electron chi connectivity index (χ0n) is 16.5. The summed E-state index contributed by atoms with van der Waals surface area (Å²) in [5.41, 5.74) is 0.521. The number of benzene rings is 1.